The molecule has 1 aliphatic rings. The highest BCUT2D eigenvalue weighted by atomic mass is 79.9. The Hall–Kier alpha value is -1.90. The van der Waals surface area contributed by atoms with Gasteiger partial charge in [0.15, 0.2) is 6.61 Å². The maximum absolute atomic E-state index is 12.8. The minimum Gasteiger partial charge on any atom is -0.483 e. The molecule has 0 spiro atoms. The molecule has 0 aliphatic carbocycles. The topological polar surface area (TPSA) is 66.9 Å². The van der Waals surface area contributed by atoms with Gasteiger partial charge in [0.05, 0.1) is 4.90 Å². The van der Waals surface area contributed by atoms with Crippen LogP contribution in [0.2, 0.25) is 0 Å². The third-order valence-electron chi connectivity index (χ3n) is 4.80. The van der Waals surface area contributed by atoms with Crippen molar-refractivity contribution in [2.24, 2.45) is 0 Å². The van der Waals surface area contributed by atoms with E-state index >= 15 is 0 Å². The molecule has 1 aliphatic heterocycles. The number of fused-ring (bicyclic) bond motifs is 1. The van der Waals surface area contributed by atoms with Crippen molar-refractivity contribution in [1.82, 2.24) is 4.31 Å². The Balaban J connectivity index is 1.74. The Bertz CT molecular complexity index is 1020. The van der Waals surface area contributed by atoms with E-state index in [0.29, 0.717) is 11.3 Å². The van der Waals surface area contributed by atoms with Gasteiger partial charge in [0, 0.05) is 30.3 Å². The number of rotatable bonds is 5. The van der Waals surface area contributed by atoms with Crippen molar-refractivity contribution >= 4 is 37.5 Å². The number of ether oxygens (including phenoxy) is 1. The van der Waals surface area contributed by atoms with Gasteiger partial charge >= 0.3 is 0 Å². The number of hydrogen-bond donors (Lipinski definition) is 0. The van der Waals surface area contributed by atoms with E-state index in [0.717, 1.165) is 26.4 Å². The van der Waals surface area contributed by atoms with Crippen molar-refractivity contribution in [2.45, 2.75) is 31.2 Å². The van der Waals surface area contributed by atoms with Gasteiger partial charge in [-0.05, 0) is 67.8 Å². The standard InChI is InChI=1S/C20H23BrN2O4S/c1-13-9-17(28(25,26)22(3)4)6-8-19(13)27-12-20(24)23-14(2)10-15-11-16(21)5-7-18(15)23/h5-9,11,14H,10,12H2,1-4H3/t14-/m0/s1. The molecular weight excluding hydrogens is 444 g/mol. The molecule has 0 fully saturated rings. The first kappa shape index (κ1) is 20.8. The molecule has 1 heterocycles. The Morgan fingerprint density at radius 3 is 2.61 bits per heavy atom. The molecule has 8 heteroatoms. The highest BCUT2D eigenvalue weighted by Crippen LogP contribution is 2.34. The number of hydrogen-bond acceptors (Lipinski definition) is 4. The van der Waals surface area contributed by atoms with Crippen LogP contribution in [0.1, 0.15) is 18.1 Å². The van der Waals surface area contributed by atoms with Crippen LogP contribution < -0.4 is 9.64 Å². The van der Waals surface area contributed by atoms with Gasteiger partial charge in [0.2, 0.25) is 10.0 Å². The maximum Gasteiger partial charge on any atom is 0.265 e. The summed E-state index contributed by atoms with van der Waals surface area (Å²) in [6.45, 7) is 3.66. The number of nitrogens with zero attached hydrogens (tertiary/aromatic N) is 2. The molecule has 6 nitrogen and oxygen atoms in total. The Labute approximate surface area is 174 Å². The number of carbonyl (C=O) groups excluding carboxylic acids is 1. The van der Waals surface area contributed by atoms with Crippen molar-refractivity contribution in [3.8, 4) is 5.75 Å². The molecule has 3 rings (SSSR count). The number of sulfonamides is 1. The zero-order chi connectivity index (χ0) is 20.6. The monoisotopic (exact) mass is 466 g/mol. The number of aryl methyl sites for hydroxylation is 1. The Morgan fingerprint density at radius 2 is 1.96 bits per heavy atom. The fourth-order valence-corrected chi connectivity index (χ4v) is 4.74. The van der Waals surface area contributed by atoms with Gasteiger partial charge in [-0.15, -0.1) is 0 Å². The maximum atomic E-state index is 12.8. The molecule has 150 valence electrons. The number of benzene rings is 2. The lowest BCUT2D eigenvalue weighted by Gasteiger charge is -2.23. The summed E-state index contributed by atoms with van der Waals surface area (Å²) < 4.78 is 32.3. The minimum atomic E-state index is -3.51. The largest absolute Gasteiger partial charge is 0.483 e. The quantitative estimate of drug-likeness (QED) is 0.677. The lowest BCUT2D eigenvalue weighted by Crippen LogP contribution is -2.39. The molecule has 0 radical (unpaired) electrons. The lowest BCUT2D eigenvalue weighted by molar-refractivity contribution is -0.120. The van der Waals surface area contributed by atoms with E-state index in [2.05, 4.69) is 15.9 Å². The zero-order valence-corrected chi connectivity index (χ0v) is 18.7. The number of halogens is 1. The van der Waals surface area contributed by atoms with Crippen LogP contribution in [-0.2, 0) is 21.2 Å². The molecule has 0 unspecified atom stereocenters. The fourth-order valence-electron chi connectivity index (χ4n) is 3.34. The van der Waals surface area contributed by atoms with Crippen LogP contribution in [-0.4, -0.2) is 45.4 Å². The summed E-state index contributed by atoms with van der Waals surface area (Å²) in [5.41, 5.74) is 2.70. The van der Waals surface area contributed by atoms with Gasteiger partial charge in [-0.3, -0.25) is 4.79 Å². The zero-order valence-electron chi connectivity index (χ0n) is 16.3. The second kappa shape index (κ2) is 7.85. The summed E-state index contributed by atoms with van der Waals surface area (Å²) in [5.74, 6) is 0.367. The first-order valence-corrected chi connectivity index (χ1v) is 11.1. The third kappa shape index (κ3) is 3.94. The number of carbonyl (C=O) groups is 1. The summed E-state index contributed by atoms with van der Waals surface area (Å²) in [6, 6.07) is 10.6. The summed E-state index contributed by atoms with van der Waals surface area (Å²) in [6.07, 6.45) is 0.802. The first-order valence-electron chi connectivity index (χ1n) is 8.87. The molecule has 28 heavy (non-hydrogen) atoms. The van der Waals surface area contributed by atoms with E-state index in [1.54, 1.807) is 24.0 Å². The third-order valence-corrected chi connectivity index (χ3v) is 7.11. The molecular formula is C20H23BrN2O4S. The predicted molar refractivity (Wildman–Crippen MR) is 112 cm³/mol. The van der Waals surface area contributed by atoms with Crippen LogP contribution in [0.15, 0.2) is 45.8 Å². The second-order valence-electron chi connectivity index (χ2n) is 7.09. The molecule has 0 N–H and O–H groups in total. The summed E-state index contributed by atoms with van der Waals surface area (Å²) in [7, 11) is -0.531. The lowest BCUT2D eigenvalue weighted by atomic mass is 10.1. The fraction of sp³-hybridized carbons (Fsp3) is 0.350. The van der Waals surface area contributed by atoms with Gasteiger partial charge in [0.1, 0.15) is 5.75 Å². The summed E-state index contributed by atoms with van der Waals surface area (Å²) in [5, 5.41) is 0. The Kier molecular flexibility index (Phi) is 5.84. The van der Waals surface area contributed by atoms with Crippen LogP contribution in [0.3, 0.4) is 0 Å². The molecule has 0 aromatic heterocycles. The summed E-state index contributed by atoms with van der Waals surface area (Å²) in [4.78, 5) is 14.8. The highest BCUT2D eigenvalue weighted by molar-refractivity contribution is 9.10. The molecule has 1 amide bonds. The second-order valence-corrected chi connectivity index (χ2v) is 10.2. The normalized spacial score (nSPS) is 16.4. The molecule has 0 bridgehead atoms. The number of anilines is 1. The summed E-state index contributed by atoms with van der Waals surface area (Å²) >= 11 is 3.47. The van der Waals surface area contributed by atoms with E-state index in [1.807, 2.05) is 25.1 Å². The van der Waals surface area contributed by atoms with Crippen LogP contribution in [0.5, 0.6) is 5.75 Å². The van der Waals surface area contributed by atoms with E-state index in [4.69, 9.17) is 4.74 Å². The van der Waals surface area contributed by atoms with Crippen molar-refractivity contribution in [1.29, 1.82) is 0 Å². The SMILES string of the molecule is Cc1cc(S(=O)(=O)N(C)C)ccc1OCC(=O)N1c2ccc(Br)cc2C[C@@H]1C. The molecule has 0 saturated carbocycles. The minimum absolute atomic E-state index is 0.0640. The van der Waals surface area contributed by atoms with Gasteiger partial charge < -0.3 is 9.64 Å². The molecule has 2 aromatic rings. The van der Waals surface area contributed by atoms with Crippen LogP contribution >= 0.6 is 15.9 Å². The van der Waals surface area contributed by atoms with Crippen LogP contribution in [0.4, 0.5) is 5.69 Å². The smallest absolute Gasteiger partial charge is 0.265 e. The van der Waals surface area contributed by atoms with Gasteiger partial charge in [-0.1, -0.05) is 15.9 Å². The van der Waals surface area contributed by atoms with Crippen molar-refractivity contribution < 1.29 is 17.9 Å². The Morgan fingerprint density at radius 1 is 1.25 bits per heavy atom. The average Bonchev–Trinajstić information content (AvgIpc) is 2.94. The van der Waals surface area contributed by atoms with E-state index in [1.165, 1.54) is 20.2 Å². The van der Waals surface area contributed by atoms with E-state index in [-0.39, 0.29) is 23.5 Å². The van der Waals surface area contributed by atoms with Crippen molar-refractivity contribution in [3.63, 3.8) is 0 Å². The van der Waals surface area contributed by atoms with Crippen molar-refractivity contribution in [3.05, 3.63) is 52.0 Å². The average molecular weight is 467 g/mol. The molecule has 0 saturated heterocycles. The first-order chi connectivity index (χ1) is 13.1. The molecule has 2 aromatic carbocycles. The van der Waals surface area contributed by atoms with Gasteiger partial charge in [0.25, 0.3) is 5.91 Å². The number of amides is 1. The van der Waals surface area contributed by atoms with Crippen LogP contribution in [0.25, 0.3) is 0 Å². The predicted octanol–water partition coefficient (Wildman–Crippen LogP) is 3.36. The van der Waals surface area contributed by atoms with Crippen molar-refractivity contribution in [2.75, 3.05) is 25.6 Å². The molecule has 1 atom stereocenters. The highest BCUT2D eigenvalue weighted by Gasteiger charge is 2.31. The van der Waals surface area contributed by atoms with E-state index in [9.17, 15) is 13.2 Å². The van der Waals surface area contributed by atoms with Gasteiger partial charge in [-0.2, -0.15) is 0 Å². The van der Waals surface area contributed by atoms with Crippen LogP contribution in [0, 0.1) is 6.92 Å². The van der Waals surface area contributed by atoms with E-state index < -0.39 is 10.0 Å². The van der Waals surface area contributed by atoms with Gasteiger partial charge in [-0.25, -0.2) is 12.7 Å².